The maximum atomic E-state index is 13.2. The number of hydrogen-bond acceptors (Lipinski definition) is 2. The molecule has 2 rings (SSSR count). The van der Waals surface area contributed by atoms with Gasteiger partial charge in [-0.2, -0.15) is 13.2 Å². The van der Waals surface area contributed by atoms with Gasteiger partial charge in [-0.25, -0.2) is 4.39 Å². The lowest BCUT2D eigenvalue weighted by Crippen LogP contribution is -2.45. The molecule has 118 valence electrons. The fourth-order valence-corrected chi connectivity index (χ4v) is 3.22. The maximum absolute atomic E-state index is 13.2. The molecule has 1 fully saturated rings. The first-order chi connectivity index (χ1) is 9.87. The number of halogens is 5. The van der Waals surface area contributed by atoms with Gasteiger partial charge >= 0.3 is 6.18 Å². The highest BCUT2D eigenvalue weighted by molar-refractivity contribution is 9.10. The lowest BCUT2D eigenvalue weighted by atomic mass is 9.99. The molecule has 0 bridgehead atoms. The fourth-order valence-electron chi connectivity index (χ4n) is 2.60. The van der Waals surface area contributed by atoms with Crippen molar-refractivity contribution < 1.29 is 17.6 Å². The second-order valence-electron chi connectivity index (χ2n) is 5.12. The zero-order chi connectivity index (χ0) is 15.5. The van der Waals surface area contributed by atoms with Crippen LogP contribution in [0.2, 0.25) is 0 Å². The molecule has 1 aliphatic heterocycles. The predicted octanol–water partition coefficient (Wildman–Crippen LogP) is 3.88. The van der Waals surface area contributed by atoms with Gasteiger partial charge in [-0.1, -0.05) is 22.0 Å². The first kappa shape index (κ1) is 16.7. The molecule has 7 heteroatoms. The molecule has 21 heavy (non-hydrogen) atoms. The fraction of sp³-hybridized carbons (Fsp3) is 0.571. The molecule has 1 atom stereocenters. The van der Waals surface area contributed by atoms with Crippen molar-refractivity contribution >= 4 is 15.9 Å². The van der Waals surface area contributed by atoms with Gasteiger partial charge in [-0.3, -0.25) is 4.90 Å². The number of piperazine rings is 1. The second kappa shape index (κ2) is 7.07. The molecule has 0 radical (unpaired) electrons. The van der Waals surface area contributed by atoms with Gasteiger partial charge in [0, 0.05) is 43.1 Å². The van der Waals surface area contributed by atoms with Gasteiger partial charge in [0.25, 0.3) is 0 Å². The summed E-state index contributed by atoms with van der Waals surface area (Å²) in [6.07, 6.45) is -5.04. The van der Waals surface area contributed by atoms with Gasteiger partial charge in [-0.05, 0) is 24.1 Å². The minimum absolute atomic E-state index is 0.0201. The highest BCUT2D eigenvalue weighted by Gasteiger charge is 2.32. The van der Waals surface area contributed by atoms with E-state index in [0.29, 0.717) is 23.1 Å². The maximum Gasteiger partial charge on any atom is 0.389 e. The van der Waals surface area contributed by atoms with E-state index in [2.05, 4.69) is 21.2 Å². The summed E-state index contributed by atoms with van der Waals surface area (Å²) in [6, 6.07) is 3.81. The van der Waals surface area contributed by atoms with Crippen LogP contribution >= 0.6 is 15.9 Å². The Morgan fingerprint density at radius 1 is 1.24 bits per heavy atom. The van der Waals surface area contributed by atoms with Crippen LogP contribution in [-0.2, 0) is 0 Å². The Labute approximate surface area is 129 Å². The Hall–Kier alpha value is -0.660. The molecule has 0 unspecified atom stereocenters. The van der Waals surface area contributed by atoms with Crippen LogP contribution in [0.5, 0.6) is 0 Å². The Kier molecular flexibility index (Phi) is 5.62. The summed E-state index contributed by atoms with van der Waals surface area (Å²) < 4.78 is 51.4. The predicted molar refractivity (Wildman–Crippen MR) is 76.6 cm³/mol. The van der Waals surface area contributed by atoms with Crippen molar-refractivity contribution in [2.24, 2.45) is 0 Å². The molecule has 1 aliphatic rings. The summed E-state index contributed by atoms with van der Waals surface area (Å²) in [7, 11) is 0. The summed E-state index contributed by atoms with van der Waals surface area (Å²) in [6.45, 7) is 2.88. The Bertz CT molecular complexity index is 473. The number of nitrogens with one attached hydrogen (secondary N) is 1. The summed E-state index contributed by atoms with van der Waals surface area (Å²) >= 11 is 3.27. The van der Waals surface area contributed by atoms with Crippen LogP contribution < -0.4 is 5.32 Å². The van der Waals surface area contributed by atoms with Crippen molar-refractivity contribution in [3.63, 3.8) is 0 Å². The van der Waals surface area contributed by atoms with Crippen molar-refractivity contribution in [3.8, 4) is 0 Å². The molecule has 1 N–H and O–H groups in total. The second-order valence-corrected chi connectivity index (χ2v) is 5.98. The number of nitrogens with zero attached hydrogens (tertiary/aromatic N) is 1. The zero-order valence-corrected chi connectivity index (χ0v) is 13.0. The zero-order valence-electron chi connectivity index (χ0n) is 11.4. The quantitative estimate of drug-likeness (QED) is 0.811. The smallest absolute Gasteiger partial charge is 0.314 e. The van der Waals surface area contributed by atoms with Crippen LogP contribution in [-0.4, -0.2) is 37.3 Å². The van der Waals surface area contributed by atoms with Crippen LogP contribution in [0.25, 0.3) is 0 Å². The molecule has 2 nitrogen and oxygen atoms in total. The normalized spacial score (nSPS) is 18.7. The first-order valence-corrected chi connectivity index (χ1v) is 7.62. The largest absolute Gasteiger partial charge is 0.389 e. The molecule has 0 aliphatic carbocycles. The molecule has 1 heterocycles. The van der Waals surface area contributed by atoms with E-state index in [4.69, 9.17) is 0 Å². The van der Waals surface area contributed by atoms with E-state index >= 15 is 0 Å². The van der Waals surface area contributed by atoms with E-state index < -0.39 is 18.4 Å². The molecule has 1 saturated heterocycles. The minimum Gasteiger partial charge on any atom is -0.314 e. The number of benzene rings is 1. The van der Waals surface area contributed by atoms with Crippen LogP contribution in [0.4, 0.5) is 17.6 Å². The molecule has 0 amide bonds. The van der Waals surface area contributed by atoms with Crippen molar-refractivity contribution in [1.82, 2.24) is 10.2 Å². The average Bonchev–Trinajstić information content (AvgIpc) is 2.41. The monoisotopic (exact) mass is 368 g/mol. The van der Waals surface area contributed by atoms with E-state index in [-0.39, 0.29) is 12.5 Å². The van der Waals surface area contributed by atoms with Gasteiger partial charge in [0.2, 0.25) is 0 Å². The molecule has 0 aromatic heterocycles. The Morgan fingerprint density at radius 3 is 2.48 bits per heavy atom. The SMILES string of the molecule is Fc1ccc([C@@H](CCC(F)(F)F)N2CCNCC2)c(Br)c1. The third-order valence-electron chi connectivity index (χ3n) is 3.62. The van der Waals surface area contributed by atoms with Gasteiger partial charge in [0.15, 0.2) is 0 Å². The molecule has 0 saturated carbocycles. The average molecular weight is 369 g/mol. The molecule has 1 aromatic carbocycles. The van der Waals surface area contributed by atoms with E-state index in [0.717, 1.165) is 13.1 Å². The van der Waals surface area contributed by atoms with E-state index in [1.54, 1.807) is 6.07 Å². The van der Waals surface area contributed by atoms with E-state index in [1.165, 1.54) is 12.1 Å². The van der Waals surface area contributed by atoms with Crippen molar-refractivity contribution in [1.29, 1.82) is 0 Å². The lowest BCUT2D eigenvalue weighted by molar-refractivity contribution is -0.138. The van der Waals surface area contributed by atoms with Crippen molar-refractivity contribution in [3.05, 3.63) is 34.1 Å². The van der Waals surface area contributed by atoms with Gasteiger partial charge in [0.05, 0.1) is 0 Å². The minimum atomic E-state index is -4.18. The third-order valence-corrected chi connectivity index (χ3v) is 4.30. The highest BCUT2D eigenvalue weighted by Crippen LogP contribution is 2.35. The topological polar surface area (TPSA) is 15.3 Å². The lowest BCUT2D eigenvalue weighted by Gasteiger charge is -2.36. The van der Waals surface area contributed by atoms with Crippen LogP contribution in [0, 0.1) is 5.82 Å². The molecular formula is C14H17BrF4N2. The summed E-state index contributed by atoms with van der Waals surface area (Å²) in [4.78, 5) is 2.03. The van der Waals surface area contributed by atoms with Crippen LogP contribution in [0.1, 0.15) is 24.4 Å². The summed E-state index contributed by atoms with van der Waals surface area (Å²) in [5.74, 6) is -0.402. The highest BCUT2D eigenvalue weighted by atomic mass is 79.9. The molecule has 1 aromatic rings. The van der Waals surface area contributed by atoms with E-state index in [1.807, 2.05) is 4.90 Å². The first-order valence-electron chi connectivity index (χ1n) is 6.83. The molecular weight excluding hydrogens is 352 g/mol. The van der Waals surface area contributed by atoms with Gasteiger partial charge in [-0.15, -0.1) is 0 Å². The summed E-state index contributed by atoms with van der Waals surface area (Å²) in [5.41, 5.74) is 0.711. The third kappa shape index (κ3) is 4.93. The molecule has 0 spiro atoms. The summed E-state index contributed by atoms with van der Waals surface area (Å²) in [5, 5.41) is 3.18. The van der Waals surface area contributed by atoms with Crippen molar-refractivity contribution in [2.45, 2.75) is 25.1 Å². The van der Waals surface area contributed by atoms with Crippen molar-refractivity contribution in [2.75, 3.05) is 26.2 Å². The van der Waals surface area contributed by atoms with Crippen LogP contribution in [0.15, 0.2) is 22.7 Å². The Balaban J connectivity index is 2.21. The van der Waals surface area contributed by atoms with Gasteiger partial charge in [0.1, 0.15) is 5.82 Å². The number of alkyl halides is 3. The van der Waals surface area contributed by atoms with Gasteiger partial charge < -0.3 is 5.32 Å². The standard InChI is InChI=1S/C14H17BrF4N2/c15-12-9-10(16)1-2-11(12)13(3-4-14(17,18)19)21-7-5-20-6-8-21/h1-2,9,13,20H,3-8H2/t13-/m1/s1. The number of hydrogen-bond donors (Lipinski definition) is 1. The van der Waals surface area contributed by atoms with E-state index in [9.17, 15) is 17.6 Å². The van der Waals surface area contributed by atoms with Crippen LogP contribution in [0.3, 0.4) is 0 Å². The number of rotatable bonds is 4. The Morgan fingerprint density at radius 2 is 1.90 bits per heavy atom.